The highest BCUT2D eigenvalue weighted by Gasteiger charge is 2.16. The molecule has 1 heterocycles. The van der Waals surface area contributed by atoms with E-state index in [1.54, 1.807) is 0 Å². The maximum Gasteiger partial charge on any atom is 0.139 e. The maximum atomic E-state index is 5.61. The van der Waals surface area contributed by atoms with Crippen molar-refractivity contribution in [3.63, 3.8) is 0 Å². The van der Waals surface area contributed by atoms with Crippen molar-refractivity contribution in [1.29, 1.82) is 0 Å². The highest BCUT2D eigenvalue weighted by Crippen LogP contribution is 2.35. The van der Waals surface area contributed by atoms with Gasteiger partial charge in [-0.2, -0.15) is 0 Å². The third kappa shape index (κ3) is 3.35. The first-order valence-electron chi connectivity index (χ1n) is 10.2. The van der Waals surface area contributed by atoms with Crippen molar-refractivity contribution in [1.82, 2.24) is 9.97 Å². The number of H-pyrrole nitrogens is 1. The predicted octanol–water partition coefficient (Wildman–Crippen LogP) is 6.96. The van der Waals surface area contributed by atoms with E-state index >= 15 is 0 Å². The molecule has 0 aliphatic carbocycles. The summed E-state index contributed by atoms with van der Waals surface area (Å²) in [5.74, 6) is 1.74. The first-order valence-corrected chi connectivity index (χ1v) is 10.2. The molecule has 1 aromatic heterocycles. The van der Waals surface area contributed by atoms with E-state index in [0.29, 0.717) is 6.61 Å². The second-order valence-corrected chi connectivity index (χ2v) is 7.16. The van der Waals surface area contributed by atoms with E-state index in [1.165, 1.54) is 10.8 Å². The number of fused-ring (bicyclic) bond motifs is 1. The lowest BCUT2D eigenvalue weighted by Crippen LogP contribution is -1.91. The lowest BCUT2D eigenvalue weighted by molar-refractivity contribution is 0.340. The third-order valence-corrected chi connectivity index (χ3v) is 5.25. The molecule has 5 rings (SSSR count). The molecular weight excluding hydrogens is 368 g/mol. The van der Waals surface area contributed by atoms with Gasteiger partial charge in [-0.25, -0.2) is 4.98 Å². The molecule has 0 aliphatic rings. The van der Waals surface area contributed by atoms with Crippen molar-refractivity contribution in [3.8, 4) is 39.7 Å². The Kier molecular flexibility index (Phi) is 4.78. The monoisotopic (exact) mass is 390 g/mol. The van der Waals surface area contributed by atoms with Crippen molar-refractivity contribution in [2.75, 3.05) is 6.61 Å². The summed E-state index contributed by atoms with van der Waals surface area (Å²) in [5.41, 5.74) is 5.22. The van der Waals surface area contributed by atoms with Gasteiger partial charge >= 0.3 is 0 Å². The van der Waals surface area contributed by atoms with Crippen LogP contribution in [0.5, 0.6) is 5.75 Å². The van der Waals surface area contributed by atoms with Crippen LogP contribution in [-0.4, -0.2) is 16.6 Å². The highest BCUT2D eigenvalue weighted by molar-refractivity contribution is 5.96. The van der Waals surface area contributed by atoms with Gasteiger partial charge in [0.25, 0.3) is 0 Å². The second kappa shape index (κ2) is 7.88. The molecule has 3 heteroatoms. The number of rotatable bonds is 5. The molecule has 0 unspecified atom stereocenters. The Balaban J connectivity index is 1.69. The molecule has 30 heavy (non-hydrogen) atoms. The van der Waals surface area contributed by atoms with Crippen molar-refractivity contribution in [2.45, 2.75) is 6.92 Å². The second-order valence-electron chi connectivity index (χ2n) is 7.16. The Labute approximate surface area is 176 Å². The Hall–Kier alpha value is -3.85. The quantitative estimate of drug-likeness (QED) is 0.352. The van der Waals surface area contributed by atoms with Crippen LogP contribution in [0.25, 0.3) is 44.7 Å². The summed E-state index contributed by atoms with van der Waals surface area (Å²) in [5, 5.41) is 2.39. The summed E-state index contributed by atoms with van der Waals surface area (Å²) >= 11 is 0. The molecule has 0 radical (unpaired) electrons. The van der Waals surface area contributed by atoms with Gasteiger partial charge in [0, 0.05) is 16.7 Å². The fraction of sp³-hybridized carbons (Fsp3) is 0.0741. The van der Waals surface area contributed by atoms with Gasteiger partial charge in [-0.05, 0) is 42.0 Å². The van der Waals surface area contributed by atoms with Crippen LogP contribution in [0, 0.1) is 0 Å². The van der Waals surface area contributed by atoms with Crippen LogP contribution in [0.2, 0.25) is 0 Å². The number of imidazole rings is 1. The van der Waals surface area contributed by atoms with Crippen LogP contribution in [0.15, 0.2) is 97.1 Å². The first kappa shape index (κ1) is 18.2. The van der Waals surface area contributed by atoms with Gasteiger partial charge in [0.05, 0.1) is 18.0 Å². The minimum Gasteiger partial charge on any atom is -0.494 e. The first-order chi connectivity index (χ1) is 14.8. The average Bonchev–Trinajstić information content (AvgIpc) is 3.25. The Morgan fingerprint density at radius 1 is 0.733 bits per heavy atom. The summed E-state index contributed by atoms with van der Waals surface area (Å²) in [6, 6.07) is 33.2. The highest BCUT2D eigenvalue weighted by atomic mass is 16.5. The van der Waals surface area contributed by atoms with Gasteiger partial charge in [-0.1, -0.05) is 72.8 Å². The van der Waals surface area contributed by atoms with Crippen LogP contribution < -0.4 is 4.74 Å². The molecule has 0 amide bonds. The number of hydrogen-bond acceptors (Lipinski definition) is 2. The number of ether oxygens (including phenoxy) is 1. The molecule has 4 aromatic carbocycles. The van der Waals surface area contributed by atoms with E-state index in [4.69, 9.17) is 9.72 Å². The molecule has 146 valence electrons. The minimum absolute atomic E-state index is 0.657. The van der Waals surface area contributed by atoms with Gasteiger partial charge in [0.15, 0.2) is 0 Å². The predicted molar refractivity (Wildman–Crippen MR) is 124 cm³/mol. The van der Waals surface area contributed by atoms with Gasteiger partial charge in [-0.15, -0.1) is 0 Å². The zero-order valence-electron chi connectivity index (χ0n) is 16.8. The van der Waals surface area contributed by atoms with E-state index in [0.717, 1.165) is 39.7 Å². The van der Waals surface area contributed by atoms with E-state index in [2.05, 4.69) is 71.7 Å². The average molecular weight is 390 g/mol. The van der Waals surface area contributed by atoms with Crippen molar-refractivity contribution in [2.24, 2.45) is 0 Å². The number of aromatic amines is 1. The Bertz CT molecular complexity index is 1280. The fourth-order valence-corrected chi connectivity index (χ4v) is 3.83. The Morgan fingerprint density at radius 3 is 2.27 bits per heavy atom. The standard InChI is InChI=1S/C27H22N2O/c1-2-30-22-17-15-21(16-18-22)26-25(20-10-4-3-5-11-20)28-27(29-26)24-14-8-12-19-9-6-7-13-23(19)24/h3-18H,2H2,1H3,(H,28,29). The summed E-state index contributed by atoms with van der Waals surface area (Å²) in [6.45, 7) is 2.65. The smallest absolute Gasteiger partial charge is 0.139 e. The van der Waals surface area contributed by atoms with Gasteiger partial charge in [-0.3, -0.25) is 0 Å². The van der Waals surface area contributed by atoms with Crippen LogP contribution >= 0.6 is 0 Å². The molecule has 0 saturated carbocycles. The molecule has 0 bridgehead atoms. The zero-order valence-corrected chi connectivity index (χ0v) is 16.8. The molecule has 0 aliphatic heterocycles. The summed E-state index contributed by atoms with van der Waals surface area (Å²) < 4.78 is 5.61. The largest absolute Gasteiger partial charge is 0.494 e. The molecular formula is C27H22N2O. The molecule has 0 fully saturated rings. The van der Waals surface area contributed by atoms with E-state index < -0.39 is 0 Å². The third-order valence-electron chi connectivity index (χ3n) is 5.25. The molecule has 0 saturated heterocycles. The lowest BCUT2D eigenvalue weighted by Gasteiger charge is -2.06. The normalized spacial score (nSPS) is 11.0. The van der Waals surface area contributed by atoms with Gasteiger partial charge in [0.1, 0.15) is 11.6 Å². The number of aromatic nitrogens is 2. The van der Waals surface area contributed by atoms with Crippen LogP contribution in [-0.2, 0) is 0 Å². The van der Waals surface area contributed by atoms with Crippen molar-refractivity contribution >= 4 is 10.8 Å². The minimum atomic E-state index is 0.657. The fourth-order valence-electron chi connectivity index (χ4n) is 3.83. The lowest BCUT2D eigenvalue weighted by atomic mass is 10.0. The number of nitrogens with one attached hydrogen (secondary N) is 1. The number of hydrogen-bond donors (Lipinski definition) is 1. The molecule has 3 nitrogen and oxygen atoms in total. The SMILES string of the molecule is CCOc1ccc(-c2[nH]c(-c3cccc4ccccc34)nc2-c2ccccc2)cc1. The Morgan fingerprint density at radius 2 is 1.47 bits per heavy atom. The van der Waals surface area contributed by atoms with Crippen LogP contribution in [0.1, 0.15) is 6.92 Å². The summed E-state index contributed by atoms with van der Waals surface area (Å²) in [6.07, 6.45) is 0. The zero-order chi connectivity index (χ0) is 20.3. The van der Waals surface area contributed by atoms with Gasteiger partial charge < -0.3 is 9.72 Å². The molecule has 0 atom stereocenters. The van der Waals surface area contributed by atoms with E-state index in [1.807, 2.05) is 37.3 Å². The van der Waals surface area contributed by atoms with Crippen LogP contribution in [0.4, 0.5) is 0 Å². The maximum absolute atomic E-state index is 5.61. The van der Waals surface area contributed by atoms with Crippen LogP contribution in [0.3, 0.4) is 0 Å². The topological polar surface area (TPSA) is 37.9 Å². The van der Waals surface area contributed by atoms with Crippen molar-refractivity contribution in [3.05, 3.63) is 97.1 Å². The van der Waals surface area contributed by atoms with Crippen molar-refractivity contribution < 1.29 is 4.74 Å². The van der Waals surface area contributed by atoms with E-state index in [-0.39, 0.29) is 0 Å². The summed E-state index contributed by atoms with van der Waals surface area (Å²) in [7, 11) is 0. The molecule has 1 N–H and O–H groups in total. The molecule has 5 aromatic rings. The van der Waals surface area contributed by atoms with Gasteiger partial charge in [0.2, 0.25) is 0 Å². The number of benzene rings is 4. The molecule has 0 spiro atoms. The number of nitrogens with zero attached hydrogens (tertiary/aromatic N) is 1. The summed E-state index contributed by atoms with van der Waals surface area (Å²) in [4.78, 5) is 8.65. The van der Waals surface area contributed by atoms with E-state index in [9.17, 15) is 0 Å².